The van der Waals surface area contributed by atoms with E-state index in [1.165, 1.54) is 0 Å². The van der Waals surface area contributed by atoms with Crippen LogP contribution in [0.15, 0.2) is 0 Å². The Hall–Kier alpha value is -0.840. The molecule has 104 valence electrons. The van der Waals surface area contributed by atoms with E-state index in [0.717, 1.165) is 25.9 Å². The van der Waals surface area contributed by atoms with Crippen LogP contribution in [0.5, 0.6) is 0 Å². The zero-order chi connectivity index (χ0) is 13.4. The summed E-state index contributed by atoms with van der Waals surface area (Å²) in [6.07, 6.45) is 1.66. The molecule has 0 radical (unpaired) electrons. The summed E-state index contributed by atoms with van der Waals surface area (Å²) in [5.74, 6) is 0. The standard InChI is InChI=1S/C13H23FN2O2/c1-12(2,3)18-11(17)15-10-6-13(7-10)8-16(9-13)5-4-14/h10H,4-9H2,1-3H3,(H,15,17). The van der Waals surface area contributed by atoms with Crippen LogP contribution in [0, 0.1) is 5.41 Å². The zero-order valence-electron chi connectivity index (χ0n) is 11.5. The molecular formula is C13H23FN2O2. The molecule has 1 saturated heterocycles. The van der Waals surface area contributed by atoms with Crippen LogP contribution in [0.25, 0.3) is 0 Å². The van der Waals surface area contributed by atoms with Crippen LogP contribution in [0.2, 0.25) is 0 Å². The van der Waals surface area contributed by atoms with Crippen LogP contribution in [-0.2, 0) is 4.74 Å². The summed E-state index contributed by atoms with van der Waals surface area (Å²) in [6.45, 7) is 7.80. The van der Waals surface area contributed by atoms with Gasteiger partial charge in [0.25, 0.3) is 0 Å². The highest BCUT2D eigenvalue weighted by Gasteiger charge is 2.52. The summed E-state index contributed by atoms with van der Waals surface area (Å²) >= 11 is 0. The van der Waals surface area contributed by atoms with Gasteiger partial charge in [0, 0.05) is 25.7 Å². The largest absolute Gasteiger partial charge is 0.444 e. The van der Waals surface area contributed by atoms with Crippen LogP contribution in [-0.4, -0.2) is 48.9 Å². The zero-order valence-corrected chi connectivity index (χ0v) is 11.5. The summed E-state index contributed by atoms with van der Waals surface area (Å²) in [4.78, 5) is 13.7. The first kappa shape index (κ1) is 13.6. The van der Waals surface area contributed by atoms with E-state index in [-0.39, 0.29) is 18.8 Å². The number of nitrogens with zero attached hydrogens (tertiary/aromatic N) is 1. The van der Waals surface area contributed by atoms with E-state index < -0.39 is 5.60 Å². The fourth-order valence-electron chi connectivity index (χ4n) is 3.00. The van der Waals surface area contributed by atoms with Gasteiger partial charge in [-0.15, -0.1) is 0 Å². The average molecular weight is 258 g/mol. The van der Waals surface area contributed by atoms with Gasteiger partial charge >= 0.3 is 6.09 Å². The van der Waals surface area contributed by atoms with Crippen LogP contribution in [0.1, 0.15) is 33.6 Å². The number of nitrogens with one attached hydrogen (secondary N) is 1. The highest BCUT2D eigenvalue weighted by molar-refractivity contribution is 5.68. The molecule has 2 rings (SSSR count). The number of alkyl carbamates (subject to hydrolysis) is 1. The Balaban J connectivity index is 1.64. The molecule has 2 fully saturated rings. The number of amides is 1. The maximum Gasteiger partial charge on any atom is 0.407 e. The molecule has 0 atom stereocenters. The van der Waals surface area contributed by atoms with Crippen molar-refractivity contribution in [1.29, 1.82) is 0 Å². The Morgan fingerprint density at radius 3 is 2.56 bits per heavy atom. The van der Waals surface area contributed by atoms with Gasteiger partial charge in [0.2, 0.25) is 0 Å². The summed E-state index contributed by atoms with van der Waals surface area (Å²) < 4.78 is 17.3. The predicted octanol–water partition coefficient (Wildman–Crippen LogP) is 1.95. The van der Waals surface area contributed by atoms with Crippen molar-refractivity contribution >= 4 is 6.09 Å². The first-order valence-corrected chi connectivity index (χ1v) is 6.60. The Kier molecular flexibility index (Phi) is 3.54. The van der Waals surface area contributed by atoms with E-state index >= 15 is 0 Å². The second-order valence-electron chi connectivity index (χ2n) is 6.65. The molecule has 0 aromatic rings. The third-order valence-electron chi connectivity index (χ3n) is 3.60. The van der Waals surface area contributed by atoms with Crippen molar-refractivity contribution < 1.29 is 13.9 Å². The molecule has 1 amide bonds. The minimum Gasteiger partial charge on any atom is -0.444 e. The summed E-state index contributed by atoms with van der Waals surface area (Å²) in [5, 5.41) is 2.89. The molecule has 1 spiro atoms. The number of alkyl halides is 1. The van der Waals surface area contributed by atoms with Gasteiger partial charge in [-0.3, -0.25) is 4.90 Å². The number of likely N-dealkylation sites (tertiary alicyclic amines) is 1. The summed E-state index contributed by atoms with van der Waals surface area (Å²) in [5.41, 5.74) is -0.102. The molecule has 0 aromatic heterocycles. The second kappa shape index (κ2) is 4.68. The van der Waals surface area contributed by atoms with Gasteiger partial charge in [-0.2, -0.15) is 0 Å². The van der Waals surface area contributed by atoms with Crippen molar-refractivity contribution in [3.8, 4) is 0 Å². The molecular weight excluding hydrogens is 235 g/mol. The van der Waals surface area contributed by atoms with Gasteiger partial charge in [0.05, 0.1) is 0 Å². The van der Waals surface area contributed by atoms with Crippen molar-refractivity contribution in [2.45, 2.75) is 45.3 Å². The molecule has 2 aliphatic rings. The molecule has 0 unspecified atom stereocenters. The summed E-state index contributed by atoms with van der Waals surface area (Å²) in [7, 11) is 0. The molecule has 5 heteroatoms. The third-order valence-corrected chi connectivity index (χ3v) is 3.60. The quantitative estimate of drug-likeness (QED) is 0.841. The topological polar surface area (TPSA) is 41.6 Å². The SMILES string of the molecule is CC(C)(C)OC(=O)NC1CC2(C1)CN(CCF)C2. The van der Waals surface area contributed by atoms with Crippen LogP contribution in [0.3, 0.4) is 0 Å². The Labute approximate surface area is 108 Å². The third kappa shape index (κ3) is 3.13. The smallest absolute Gasteiger partial charge is 0.407 e. The number of carbonyl (C=O) groups excluding carboxylic acids is 1. The van der Waals surface area contributed by atoms with Gasteiger partial charge in [-0.25, -0.2) is 9.18 Å². The van der Waals surface area contributed by atoms with E-state index in [9.17, 15) is 9.18 Å². The van der Waals surface area contributed by atoms with Crippen molar-refractivity contribution in [1.82, 2.24) is 10.2 Å². The molecule has 1 saturated carbocycles. The molecule has 0 aromatic carbocycles. The Morgan fingerprint density at radius 1 is 1.44 bits per heavy atom. The number of carbonyl (C=O) groups is 1. The van der Waals surface area contributed by atoms with Gasteiger partial charge < -0.3 is 10.1 Å². The van der Waals surface area contributed by atoms with Crippen LogP contribution in [0.4, 0.5) is 9.18 Å². The van der Waals surface area contributed by atoms with Crippen molar-refractivity contribution in [2.24, 2.45) is 5.41 Å². The molecule has 0 bridgehead atoms. The molecule has 1 N–H and O–H groups in total. The van der Waals surface area contributed by atoms with Gasteiger partial charge in [-0.05, 0) is 39.0 Å². The monoisotopic (exact) mass is 258 g/mol. The maximum absolute atomic E-state index is 12.1. The lowest BCUT2D eigenvalue weighted by atomic mass is 9.60. The van der Waals surface area contributed by atoms with Gasteiger partial charge in [0.1, 0.15) is 12.3 Å². The highest BCUT2D eigenvalue weighted by atomic mass is 19.1. The van der Waals surface area contributed by atoms with E-state index in [4.69, 9.17) is 4.74 Å². The number of ether oxygens (including phenoxy) is 1. The number of hydrogen-bond acceptors (Lipinski definition) is 3. The van der Waals surface area contributed by atoms with Crippen molar-refractivity contribution in [3.05, 3.63) is 0 Å². The fourth-order valence-corrected chi connectivity index (χ4v) is 3.00. The number of rotatable bonds is 3. The molecule has 1 heterocycles. The lowest BCUT2D eigenvalue weighted by Crippen LogP contribution is -2.66. The number of halogens is 1. The lowest BCUT2D eigenvalue weighted by Gasteiger charge is -2.59. The minimum atomic E-state index is -0.445. The summed E-state index contributed by atoms with van der Waals surface area (Å²) in [6, 6.07) is 0.229. The fraction of sp³-hybridized carbons (Fsp3) is 0.923. The normalized spacial score (nSPS) is 23.3. The van der Waals surface area contributed by atoms with E-state index in [1.807, 2.05) is 20.8 Å². The molecule has 18 heavy (non-hydrogen) atoms. The Bertz CT molecular complexity index is 313. The minimum absolute atomic E-state index is 0.229. The predicted molar refractivity (Wildman–Crippen MR) is 67.2 cm³/mol. The Morgan fingerprint density at radius 2 is 2.06 bits per heavy atom. The molecule has 4 nitrogen and oxygen atoms in total. The van der Waals surface area contributed by atoms with Gasteiger partial charge in [-0.1, -0.05) is 0 Å². The van der Waals surface area contributed by atoms with Gasteiger partial charge in [0.15, 0.2) is 0 Å². The van der Waals surface area contributed by atoms with Crippen LogP contribution < -0.4 is 5.32 Å². The van der Waals surface area contributed by atoms with Crippen molar-refractivity contribution in [3.63, 3.8) is 0 Å². The average Bonchev–Trinajstić information content (AvgIpc) is 2.07. The van der Waals surface area contributed by atoms with Crippen LogP contribution >= 0.6 is 0 Å². The second-order valence-corrected chi connectivity index (χ2v) is 6.65. The lowest BCUT2D eigenvalue weighted by molar-refractivity contribution is -0.0800. The maximum atomic E-state index is 12.1. The first-order valence-electron chi connectivity index (χ1n) is 6.60. The number of hydrogen-bond donors (Lipinski definition) is 1. The highest BCUT2D eigenvalue weighted by Crippen LogP contribution is 2.48. The molecule has 1 aliphatic carbocycles. The van der Waals surface area contributed by atoms with E-state index in [2.05, 4.69) is 10.2 Å². The van der Waals surface area contributed by atoms with E-state index in [0.29, 0.717) is 12.0 Å². The first-order chi connectivity index (χ1) is 8.32. The van der Waals surface area contributed by atoms with E-state index in [1.54, 1.807) is 0 Å². The molecule has 1 aliphatic heterocycles. The van der Waals surface area contributed by atoms with Crippen molar-refractivity contribution in [2.75, 3.05) is 26.3 Å².